The summed E-state index contributed by atoms with van der Waals surface area (Å²) in [7, 11) is -4.02. The van der Waals surface area contributed by atoms with Gasteiger partial charge in [0.25, 0.3) is 10.1 Å². The van der Waals surface area contributed by atoms with Crippen molar-refractivity contribution in [3.8, 4) is 0 Å². The average Bonchev–Trinajstić information content (AvgIpc) is 2.91. The van der Waals surface area contributed by atoms with Gasteiger partial charge in [0.1, 0.15) is 0 Å². The minimum Gasteiger partial charge on any atom is -0.393 e. The minimum atomic E-state index is -4.02. The normalized spacial score (nSPS) is 21.4. The molecule has 0 radical (unpaired) electrons. The van der Waals surface area contributed by atoms with Crippen molar-refractivity contribution in [1.29, 1.82) is 0 Å². The van der Waals surface area contributed by atoms with Crippen LogP contribution < -0.4 is 0 Å². The Bertz CT molecular complexity index is 567. The first-order valence-corrected chi connectivity index (χ1v) is 10.7. The van der Waals surface area contributed by atoms with E-state index < -0.39 is 10.1 Å². The van der Waals surface area contributed by atoms with Gasteiger partial charge in [0, 0.05) is 11.5 Å². The van der Waals surface area contributed by atoms with Crippen molar-refractivity contribution in [1.82, 2.24) is 0 Å². The molecule has 0 atom stereocenters. The number of benzene rings is 1. The molecule has 2 aliphatic rings. The highest BCUT2D eigenvalue weighted by Gasteiger charge is 2.38. The lowest BCUT2D eigenvalue weighted by atomic mass is 9.97. The summed E-state index contributed by atoms with van der Waals surface area (Å²) in [5.74, 6) is 2.64. The van der Waals surface area contributed by atoms with Gasteiger partial charge in [-0.3, -0.25) is 4.55 Å². The molecule has 1 aliphatic carbocycles. The van der Waals surface area contributed by atoms with Crippen molar-refractivity contribution in [2.24, 2.45) is 0 Å². The van der Waals surface area contributed by atoms with Crippen molar-refractivity contribution in [2.75, 3.05) is 11.5 Å². The molecule has 4 nitrogen and oxygen atoms in total. The molecule has 1 aliphatic heterocycles. The molecule has 2 N–H and O–H groups in total. The van der Waals surface area contributed by atoms with Gasteiger partial charge in [-0.1, -0.05) is 17.7 Å². The van der Waals surface area contributed by atoms with E-state index in [1.807, 2.05) is 6.92 Å². The van der Waals surface area contributed by atoms with Crippen LogP contribution >= 0.6 is 23.5 Å². The summed E-state index contributed by atoms with van der Waals surface area (Å²) < 4.78 is 30.1. The third-order valence-corrected chi connectivity index (χ3v) is 8.37. The van der Waals surface area contributed by atoms with Gasteiger partial charge in [0.2, 0.25) is 0 Å². The highest BCUT2D eigenvalue weighted by atomic mass is 32.2. The monoisotopic (exact) mass is 362 g/mol. The Morgan fingerprint density at radius 1 is 1.09 bits per heavy atom. The number of hydrogen-bond donors (Lipinski definition) is 2. The molecule has 7 heteroatoms. The van der Waals surface area contributed by atoms with Crippen LogP contribution in [0.4, 0.5) is 0 Å². The molecule has 0 bridgehead atoms. The van der Waals surface area contributed by atoms with Crippen molar-refractivity contribution in [3.63, 3.8) is 0 Å². The smallest absolute Gasteiger partial charge is 0.294 e. The summed E-state index contributed by atoms with van der Waals surface area (Å²) in [6.07, 6.45) is 4.51. The summed E-state index contributed by atoms with van der Waals surface area (Å²) in [6, 6.07) is 5.99. The Balaban J connectivity index is 0.000000160. The Labute approximate surface area is 140 Å². The topological polar surface area (TPSA) is 74.6 Å². The van der Waals surface area contributed by atoms with Crippen LogP contribution in [0.2, 0.25) is 0 Å². The molecular formula is C15H22O4S3. The molecule has 0 aromatic heterocycles. The van der Waals surface area contributed by atoms with Crippen molar-refractivity contribution in [3.05, 3.63) is 29.8 Å². The molecule has 1 spiro atoms. The van der Waals surface area contributed by atoms with E-state index in [0.717, 1.165) is 18.4 Å². The van der Waals surface area contributed by atoms with Crippen LogP contribution in [-0.4, -0.2) is 39.8 Å². The molecule has 1 aromatic carbocycles. The van der Waals surface area contributed by atoms with Gasteiger partial charge >= 0.3 is 0 Å². The lowest BCUT2D eigenvalue weighted by Crippen LogP contribution is -2.27. The molecule has 1 saturated heterocycles. The minimum absolute atomic E-state index is 0.00225. The second-order valence-electron chi connectivity index (χ2n) is 5.63. The molecule has 124 valence electrons. The first-order chi connectivity index (χ1) is 10.3. The summed E-state index contributed by atoms with van der Waals surface area (Å²) in [6.45, 7) is 1.84. The largest absolute Gasteiger partial charge is 0.393 e. The van der Waals surface area contributed by atoms with Crippen molar-refractivity contribution >= 4 is 33.6 Å². The molecule has 0 amide bonds. The second kappa shape index (κ2) is 7.57. The highest BCUT2D eigenvalue weighted by molar-refractivity contribution is 8.21. The number of thioether (sulfide) groups is 2. The fourth-order valence-corrected chi connectivity index (χ4v) is 6.31. The standard InChI is InChI=1S/C8H14OS2.C7H8O3S/c9-7-1-3-8(4-2-7)10-5-6-11-8;1-6-2-4-7(5-3-6)11(8,9)10/h7,9H,1-6H2;2-5H,1H3,(H,8,9,10). The predicted octanol–water partition coefficient (Wildman–Crippen LogP) is 3.34. The summed E-state index contributed by atoms with van der Waals surface area (Å²) in [5, 5.41) is 9.33. The zero-order valence-corrected chi connectivity index (χ0v) is 15.0. The van der Waals surface area contributed by atoms with Gasteiger partial charge in [-0.25, -0.2) is 0 Å². The summed E-state index contributed by atoms with van der Waals surface area (Å²) in [4.78, 5) is -0.0666. The van der Waals surface area contributed by atoms with E-state index in [2.05, 4.69) is 23.5 Å². The van der Waals surface area contributed by atoms with Crippen LogP contribution in [0.25, 0.3) is 0 Å². The lowest BCUT2D eigenvalue weighted by molar-refractivity contribution is 0.129. The maximum Gasteiger partial charge on any atom is 0.294 e. The lowest BCUT2D eigenvalue weighted by Gasteiger charge is -2.33. The quantitative estimate of drug-likeness (QED) is 0.747. The fraction of sp³-hybridized carbons (Fsp3) is 0.600. The third-order valence-electron chi connectivity index (χ3n) is 3.85. The van der Waals surface area contributed by atoms with Gasteiger partial charge in [0.05, 0.1) is 15.1 Å². The predicted molar refractivity (Wildman–Crippen MR) is 93.1 cm³/mol. The number of aliphatic hydroxyl groups excluding tert-OH is 1. The van der Waals surface area contributed by atoms with Crippen LogP contribution in [-0.2, 0) is 10.1 Å². The highest BCUT2D eigenvalue weighted by Crippen LogP contribution is 2.52. The number of rotatable bonds is 1. The summed E-state index contributed by atoms with van der Waals surface area (Å²) >= 11 is 4.24. The van der Waals surface area contributed by atoms with E-state index in [4.69, 9.17) is 4.55 Å². The van der Waals surface area contributed by atoms with E-state index in [9.17, 15) is 13.5 Å². The zero-order chi connectivity index (χ0) is 16.2. The van der Waals surface area contributed by atoms with Gasteiger partial charge in [0.15, 0.2) is 0 Å². The Kier molecular flexibility index (Phi) is 6.24. The van der Waals surface area contributed by atoms with Crippen LogP contribution in [0.15, 0.2) is 29.2 Å². The second-order valence-corrected chi connectivity index (χ2v) is 10.3. The van der Waals surface area contributed by atoms with Gasteiger partial charge in [-0.15, -0.1) is 23.5 Å². The summed E-state index contributed by atoms with van der Waals surface area (Å²) in [5.41, 5.74) is 0.956. The van der Waals surface area contributed by atoms with Crippen molar-refractivity contribution < 1.29 is 18.1 Å². The van der Waals surface area contributed by atoms with Crippen LogP contribution in [0, 0.1) is 6.92 Å². The molecule has 22 heavy (non-hydrogen) atoms. The van der Waals surface area contributed by atoms with Crippen molar-refractivity contribution in [2.45, 2.75) is 47.7 Å². The molecular weight excluding hydrogens is 340 g/mol. The van der Waals surface area contributed by atoms with E-state index >= 15 is 0 Å². The SMILES string of the molecule is Cc1ccc(S(=O)(=O)O)cc1.OC1CCC2(CC1)SCCS2. The van der Waals surface area contributed by atoms with E-state index in [1.165, 1.54) is 36.5 Å². The maximum atomic E-state index is 10.5. The van der Waals surface area contributed by atoms with E-state index in [-0.39, 0.29) is 11.0 Å². The molecule has 2 fully saturated rings. The molecule has 1 heterocycles. The Morgan fingerprint density at radius 3 is 2.05 bits per heavy atom. The molecule has 1 saturated carbocycles. The third kappa shape index (κ3) is 5.16. The Morgan fingerprint density at radius 2 is 1.59 bits per heavy atom. The van der Waals surface area contributed by atoms with E-state index in [0.29, 0.717) is 4.08 Å². The van der Waals surface area contributed by atoms with E-state index in [1.54, 1.807) is 12.1 Å². The zero-order valence-electron chi connectivity index (χ0n) is 12.6. The molecule has 3 rings (SSSR count). The van der Waals surface area contributed by atoms with Crippen LogP contribution in [0.3, 0.4) is 0 Å². The average molecular weight is 363 g/mol. The van der Waals surface area contributed by atoms with Crippen LogP contribution in [0.1, 0.15) is 31.2 Å². The fourth-order valence-electron chi connectivity index (χ4n) is 2.54. The maximum absolute atomic E-state index is 10.5. The number of hydrogen-bond acceptors (Lipinski definition) is 5. The van der Waals surface area contributed by atoms with Crippen LogP contribution in [0.5, 0.6) is 0 Å². The molecule has 0 unspecified atom stereocenters. The number of aliphatic hydroxyl groups is 1. The van der Waals surface area contributed by atoms with Gasteiger partial charge < -0.3 is 5.11 Å². The Hall–Kier alpha value is -0.210. The van der Waals surface area contributed by atoms with Gasteiger partial charge in [-0.05, 0) is 44.7 Å². The van der Waals surface area contributed by atoms with Gasteiger partial charge in [-0.2, -0.15) is 8.42 Å². The first-order valence-electron chi connectivity index (χ1n) is 7.31. The first kappa shape index (κ1) is 18.1. The molecule has 1 aromatic rings. The number of aryl methyl sites for hydroxylation is 1.